The minimum Gasteiger partial charge on any atom is -0.456 e. The molecule has 1 saturated heterocycles. The molecule has 2 bridgehead atoms. The normalized spacial score (nSPS) is 31.3. The average Bonchev–Trinajstić information content (AvgIpc) is 3.24. The molecule has 3 aromatic carbocycles. The van der Waals surface area contributed by atoms with Gasteiger partial charge in [-0.15, -0.1) is 0 Å². The fourth-order valence-electron chi connectivity index (χ4n) is 10.2. The van der Waals surface area contributed by atoms with Gasteiger partial charge in [0.2, 0.25) is 0 Å². The summed E-state index contributed by atoms with van der Waals surface area (Å²) in [5.74, 6) is -6.84. The number of Topliss-reactive ketones (excluding diaryl/α,β-unsaturated/α-hetero) is 1. The second-order valence-electron chi connectivity index (χ2n) is 17.4. The third-order valence-corrected chi connectivity index (χ3v) is 13.5. The molecule has 3 aliphatic carbocycles. The van der Waals surface area contributed by atoms with E-state index in [2.05, 4.69) is 5.32 Å². The van der Waals surface area contributed by atoms with Crippen molar-refractivity contribution >= 4 is 35.6 Å². The van der Waals surface area contributed by atoms with Gasteiger partial charge in [-0.1, -0.05) is 80.6 Å². The van der Waals surface area contributed by atoms with Gasteiger partial charge >= 0.3 is 23.9 Å². The van der Waals surface area contributed by atoms with E-state index in [1.165, 1.54) is 26.0 Å². The van der Waals surface area contributed by atoms with Crippen LogP contribution in [0.3, 0.4) is 0 Å². The SMILES string of the molecule is CC(=O)O[C@H]1C(=O)[C@@]2(C)[C@H]([C@H](OC(=O)c3ccccc3)[C@]3(O)C[C@H](OC(=O)[C@H](O)[C@@H](NC(=O)c4ccccc4)c4ccccc4)C(C)=C1C3(C)C)[C@]1(OC(C)=O)CO[C@@H]1C[C@@H]2O.[Ag]. The Morgan fingerprint density at radius 2 is 1.40 bits per heavy atom. The number of carbonyl (C=O) groups excluding carboxylic acids is 6. The number of amides is 1. The first-order chi connectivity index (χ1) is 29.3. The molecule has 0 spiro atoms. The second-order valence-corrected chi connectivity index (χ2v) is 17.4. The van der Waals surface area contributed by atoms with Crippen LogP contribution in [0.15, 0.2) is 102 Å². The monoisotopic (exact) mass is 960 g/mol. The second kappa shape index (κ2) is 17.9. The summed E-state index contributed by atoms with van der Waals surface area (Å²) >= 11 is 0. The first kappa shape index (κ1) is 47.5. The van der Waals surface area contributed by atoms with E-state index >= 15 is 4.79 Å². The summed E-state index contributed by atoms with van der Waals surface area (Å²) in [5.41, 5.74) is -7.02. The predicted octanol–water partition coefficient (Wildman–Crippen LogP) is 3.73. The summed E-state index contributed by atoms with van der Waals surface area (Å²) in [4.78, 5) is 83.5. The number of esters is 4. The summed E-state index contributed by atoms with van der Waals surface area (Å²) in [6.07, 6.45) is -10.5. The Morgan fingerprint density at radius 1 is 0.825 bits per heavy atom. The van der Waals surface area contributed by atoms with Gasteiger partial charge in [-0.3, -0.25) is 19.2 Å². The maximum Gasteiger partial charge on any atom is 0.338 e. The number of ether oxygens (including phenoxy) is 5. The molecule has 0 aromatic heterocycles. The smallest absolute Gasteiger partial charge is 0.338 e. The molecule has 339 valence electrons. The van der Waals surface area contributed by atoms with E-state index in [4.69, 9.17) is 23.7 Å². The molecule has 15 nitrogen and oxygen atoms in total. The van der Waals surface area contributed by atoms with Crippen LogP contribution in [0.5, 0.6) is 0 Å². The van der Waals surface area contributed by atoms with Gasteiger partial charge in [0.15, 0.2) is 23.6 Å². The summed E-state index contributed by atoms with van der Waals surface area (Å²) in [7, 11) is 0. The Labute approximate surface area is 380 Å². The number of aliphatic hydroxyl groups is 3. The average molecular weight is 962 g/mol. The van der Waals surface area contributed by atoms with Crippen molar-refractivity contribution in [3.63, 3.8) is 0 Å². The Balaban J connectivity index is 0.00000661. The zero-order chi connectivity index (χ0) is 44.9. The number of hydrogen-bond acceptors (Lipinski definition) is 14. The number of benzene rings is 3. The van der Waals surface area contributed by atoms with Gasteiger partial charge in [-0.05, 0) is 54.8 Å². The summed E-state index contributed by atoms with van der Waals surface area (Å²) in [5, 5.41) is 40.2. The van der Waals surface area contributed by atoms with Gasteiger partial charge in [0, 0.05) is 60.0 Å². The Hall–Kier alpha value is -5.00. The van der Waals surface area contributed by atoms with Crippen molar-refractivity contribution in [1.29, 1.82) is 0 Å². The standard InChI is InChI=1S/C47H51NO14.Ag/c1-25-31(60-43(56)36(52)35(28-16-10-7-11-17-28)48-41(54)29-18-12-8-13-19-29)23-47(57)40(61-42(55)30-20-14-9-15-21-30)38-45(6,32(51)22-33-46(38,24-58-33)62-27(3)50)39(53)37(59-26(2)49)34(25)44(47,4)5;/h7-21,31-33,35-38,40,51-52,57H,22-24H2,1-6H3,(H,48,54);/t31-,32-,33+,35-,36+,37+,38-,40-,45+,46-,47+;/m0./s1. The maximum atomic E-state index is 15.5. The molecule has 11 atom stereocenters. The maximum absolute atomic E-state index is 15.5. The van der Waals surface area contributed by atoms with Crippen molar-refractivity contribution in [2.24, 2.45) is 16.7 Å². The van der Waals surface area contributed by atoms with Crippen molar-refractivity contribution in [3.8, 4) is 0 Å². The number of rotatable bonds is 10. The van der Waals surface area contributed by atoms with Gasteiger partial charge in [0.05, 0.1) is 35.6 Å². The fourth-order valence-corrected chi connectivity index (χ4v) is 10.2. The first-order valence-corrected chi connectivity index (χ1v) is 20.5. The van der Waals surface area contributed by atoms with Crippen LogP contribution in [0, 0.1) is 16.7 Å². The van der Waals surface area contributed by atoms with Crippen molar-refractivity contribution in [2.75, 3.05) is 6.61 Å². The van der Waals surface area contributed by atoms with Crippen molar-refractivity contribution in [1.82, 2.24) is 5.32 Å². The van der Waals surface area contributed by atoms with Gasteiger partial charge in [-0.2, -0.15) is 0 Å². The molecule has 0 unspecified atom stereocenters. The van der Waals surface area contributed by atoms with Crippen LogP contribution in [-0.4, -0.2) is 105 Å². The van der Waals surface area contributed by atoms with Crippen molar-refractivity contribution in [3.05, 3.63) is 119 Å². The number of fused-ring (bicyclic) bond motifs is 5. The molecule has 7 rings (SSSR count). The first-order valence-electron chi connectivity index (χ1n) is 20.5. The molecule has 1 amide bonds. The molecule has 3 fully saturated rings. The fraction of sp³-hybridized carbons (Fsp3) is 0.447. The third-order valence-electron chi connectivity index (χ3n) is 13.5. The van der Waals surface area contributed by atoms with E-state index in [-0.39, 0.29) is 57.7 Å². The van der Waals surface area contributed by atoms with E-state index in [1.54, 1.807) is 92.7 Å². The van der Waals surface area contributed by atoms with Crippen molar-refractivity contribution < 1.29 is 90.2 Å². The van der Waals surface area contributed by atoms with E-state index in [0.29, 0.717) is 5.56 Å². The topological polar surface area (TPSA) is 221 Å². The van der Waals surface area contributed by atoms with Gasteiger partial charge in [0.25, 0.3) is 5.91 Å². The number of ketones is 1. The minimum atomic E-state index is -2.39. The summed E-state index contributed by atoms with van der Waals surface area (Å²) in [6, 6.07) is 22.9. The minimum absolute atomic E-state index is 0. The predicted molar refractivity (Wildman–Crippen MR) is 218 cm³/mol. The molecule has 1 radical (unpaired) electrons. The van der Waals surface area contributed by atoms with E-state index in [9.17, 15) is 39.3 Å². The molecule has 1 heterocycles. The van der Waals surface area contributed by atoms with Crippen LogP contribution in [-0.2, 0) is 65.2 Å². The molecule has 3 aromatic rings. The van der Waals surface area contributed by atoms with Crippen LogP contribution in [0.25, 0.3) is 0 Å². The number of carbonyl (C=O) groups is 6. The Kier molecular flexibility index (Phi) is 13.5. The van der Waals surface area contributed by atoms with E-state index < -0.39 is 113 Å². The van der Waals surface area contributed by atoms with Crippen LogP contribution in [0.4, 0.5) is 0 Å². The van der Waals surface area contributed by atoms with Crippen molar-refractivity contribution in [2.45, 2.75) is 108 Å². The Morgan fingerprint density at radius 3 is 1.94 bits per heavy atom. The Bertz CT molecular complexity index is 2290. The molecule has 1 aliphatic heterocycles. The quantitative estimate of drug-likeness (QED) is 0.0985. The molecule has 2 saturated carbocycles. The van der Waals surface area contributed by atoms with Gasteiger partial charge in [-0.25, -0.2) is 9.59 Å². The van der Waals surface area contributed by atoms with E-state index in [0.717, 1.165) is 13.8 Å². The number of hydrogen-bond donors (Lipinski definition) is 4. The largest absolute Gasteiger partial charge is 0.456 e. The van der Waals surface area contributed by atoms with Crippen LogP contribution in [0.1, 0.15) is 86.7 Å². The van der Waals surface area contributed by atoms with E-state index in [1.807, 2.05) is 0 Å². The molecule has 4 aliphatic rings. The van der Waals surface area contributed by atoms with Gasteiger partial charge in [0.1, 0.15) is 23.9 Å². The number of aliphatic hydroxyl groups excluding tert-OH is 2. The molecular weight excluding hydrogens is 910 g/mol. The zero-order valence-corrected chi connectivity index (χ0v) is 37.0. The zero-order valence-electron chi connectivity index (χ0n) is 35.5. The van der Waals surface area contributed by atoms with Crippen LogP contribution < -0.4 is 5.32 Å². The summed E-state index contributed by atoms with van der Waals surface area (Å²) in [6.45, 7) is 7.97. The third kappa shape index (κ3) is 8.09. The molecule has 4 N–H and O–H groups in total. The van der Waals surface area contributed by atoms with Gasteiger partial charge < -0.3 is 44.3 Å². The molecule has 63 heavy (non-hydrogen) atoms. The molecular formula is C47H51AgNO14. The summed E-state index contributed by atoms with van der Waals surface area (Å²) < 4.78 is 30.3. The van der Waals surface area contributed by atoms with Crippen LogP contribution in [0.2, 0.25) is 0 Å². The molecule has 16 heteroatoms. The van der Waals surface area contributed by atoms with Crippen LogP contribution >= 0.6 is 0 Å². The number of nitrogens with one attached hydrogen (secondary N) is 1.